The summed E-state index contributed by atoms with van der Waals surface area (Å²) >= 11 is 7.36. The molecule has 2 aromatic heterocycles. The van der Waals surface area contributed by atoms with Crippen LogP contribution in [0.5, 0.6) is 0 Å². The van der Waals surface area contributed by atoms with Gasteiger partial charge < -0.3 is 4.74 Å². The van der Waals surface area contributed by atoms with Crippen molar-refractivity contribution in [2.45, 2.75) is 6.92 Å². The Morgan fingerprint density at radius 3 is 2.64 bits per heavy atom. The van der Waals surface area contributed by atoms with E-state index in [1.165, 1.54) is 11.3 Å². The molecule has 0 saturated carbocycles. The number of benzene rings is 2. The van der Waals surface area contributed by atoms with Gasteiger partial charge in [0.2, 0.25) is 0 Å². The first-order valence-corrected chi connectivity index (χ1v) is 9.73. The number of rotatable bonds is 5. The van der Waals surface area contributed by atoms with Gasteiger partial charge in [-0.15, -0.1) is 11.3 Å². The lowest BCUT2D eigenvalue weighted by molar-refractivity contribution is 0.0479. The van der Waals surface area contributed by atoms with E-state index in [0.717, 1.165) is 21.6 Å². The lowest BCUT2D eigenvalue weighted by Gasteiger charge is -2.03. The van der Waals surface area contributed by atoms with Crippen LogP contribution in [0.15, 0.2) is 60.7 Å². The first kappa shape index (κ1) is 18.4. The Morgan fingerprint density at radius 1 is 1.11 bits per heavy atom. The molecule has 0 saturated heterocycles. The summed E-state index contributed by atoms with van der Waals surface area (Å²) in [6.45, 7) is 1.58. The minimum atomic E-state index is -0.525. The highest BCUT2D eigenvalue weighted by Crippen LogP contribution is 2.31. The molecule has 0 bridgehead atoms. The number of thiophene rings is 1. The predicted octanol–water partition coefficient (Wildman–Crippen LogP) is 5.09. The van der Waals surface area contributed by atoms with Gasteiger partial charge in [0.05, 0.1) is 11.4 Å². The molecule has 4 aromatic rings. The number of Topliss-reactive ketones (excluding diaryl/α,β-unsaturated/α-hetero) is 1. The number of carbonyl (C=O) groups is 2. The van der Waals surface area contributed by atoms with Crippen molar-refractivity contribution < 1.29 is 14.3 Å². The molecule has 140 valence electrons. The standard InChI is InChI=1S/C21H15ClN2O3S/c1-13-17-11-19(21(26)27-12-18(25)14-6-3-2-4-7-14)28-20(17)24(23-13)16-9-5-8-15(22)10-16/h2-11H,12H2,1H3. The minimum Gasteiger partial charge on any atom is -0.453 e. The molecule has 0 spiro atoms. The second-order valence-corrected chi connectivity index (χ2v) is 7.64. The van der Waals surface area contributed by atoms with E-state index >= 15 is 0 Å². The van der Waals surface area contributed by atoms with Crippen LogP contribution in [0.1, 0.15) is 25.7 Å². The monoisotopic (exact) mass is 410 g/mol. The number of ketones is 1. The average molecular weight is 411 g/mol. The number of ether oxygens (including phenoxy) is 1. The molecule has 2 heterocycles. The Morgan fingerprint density at radius 2 is 1.89 bits per heavy atom. The summed E-state index contributed by atoms with van der Waals surface area (Å²) in [5, 5.41) is 6.01. The van der Waals surface area contributed by atoms with Crippen LogP contribution in [0.25, 0.3) is 15.9 Å². The van der Waals surface area contributed by atoms with Gasteiger partial charge in [-0.1, -0.05) is 48.0 Å². The molecule has 0 fully saturated rings. The van der Waals surface area contributed by atoms with Gasteiger partial charge in [0.15, 0.2) is 12.4 Å². The third-order valence-corrected chi connectivity index (χ3v) is 5.55. The van der Waals surface area contributed by atoms with Gasteiger partial charge in [0, 0.05) is 16.0 Å². The van der Waals surface area contributed by atoms with Crippen molar-refractivity contribution in [3.05, 3.63) is 81.8 Å². The van der Waals surface area contributed by atoms with Gasteiger partial charge >= 0.3 is 5.97 Å². The van der Waals surface area contributed by atoms with Crippen LogP contribution < -0.4 is 0 Å². The smallest absolute Gasteiger partial charge is 0.348 e. The maximum absolute atomic E-state index is 12.4. The van der Waals surface area contributed by atoms with Crippen LogP contribution in [0.4, 0.5) is 0 Å². The van der Waals surface area contributed by atoms with E-state index in [-0.39, 0.29) is 12.4 Å². The molecule has 5 nitrogen and oxygen atoms in total. The Bertz CT molecular complexity index is 1180. The van der Waals surface area contributed by atoms with Gasteiger partial charge in [0.1, 0.15) is 9.71 Å². The summed E-state index contributed by atoms with van der Waals surface area (Å²) in [6.07, 6.45) is 0. The Kier molecular flexibility index (Phi) is 4.98. The molecule has 0 aliphatic carbocycles. The number of esters is 1. The molecule has 0 N–H and O–H groups in total. The number of nitrogens with zero attached hydrogens (tertiary/aromatic N) is 2. The van der Waals surface area contributed by atoms with Crippen molar-refractivity contribution >= 4 is 44.9 Å². The van der Waals surface area contributed by atoms with E-state index in [1.807, 2.05) is 31.2 Å². The molecule has 2 aromatic carbocycles. The lowest BCUT2D eigenvalue weighted by Crippen LogP contribution is -2.13. The van der Waals surface area contributed by atoms with Gasteiger partial charge in [-0.25, -0.2) is 9.48 Å². The highest BCUT2D eigenvalue weighted by molar-refractivity contribution is 7.20. The Labute approximate surface area is 170 Å². The number of carbonyl (C=O) groups excluding carboxylic acids is 2. The molecule has 28 heavy (non-hydrogen) atoms. The quantitative estimate of drug-likeness (QED) is 0.339. The van der Waals surface area contributed by atoms with Crippen LogP contribution in [-0.4, -0.2) is 28.1 Å². The SMILES string of the molecule is Cc1nn(-c2cccc(Cl)c2)c2sc(C(=O)OCC(=O)c3ccccc3)cc12. The maximum atomic E-state index is 12.4. The summed E-state index contributed by atoms with van der Waals surface area (Å²) in [5.41, 5.74) is 2.12. The first-order chi connectivity index (χ1) is 13.5. The summed E-state index contributed by atoms with van der Waals surface area (Å²) in [5.74, 6) is -0.765. The summed E-state index contributed by atoms with van der Waals surface area (Å²) in [4.78, 5) is 25.8. The molecule has 0 aliphatic rings. The minimum absolute atomic E-state index is 0.239. The van der Waals surface area contributed by atoms with Gasteiger partial charge in [-0.3, -0.25) is 4.79 Å². The third kappa shape index (κ3) is 3.56. The van der Waals surface area contributed by atoms with Crippen LogP contribution in [-0.2, 0) is 4.74 Å². The van der Waals surface area contributed by atoms with Crippen LogP contribution in [0.2, 0.25) is 5.02 Å². The molecule has 7 heteroatoms. The lowest BCUT2D eigenvalue weighted by atomic mass is 10.1. The molecular formula is C21H15ClN2O3S. The highest BCUT2D eigenvalue weighted by atomic mass is 35.5. The van der Waals surface area contributed by atoms with Crippen LogP contribution in [0, 0.1) is 6.92 Å². The zero-order valence-electron chi connectivity index (χ0n) is 14.9. The van der Waals surface area contributed by atoms with E-state index in [0.29, 0.717) is 15.5 Å². The number of fused-ring (bicyclic) bond motifs is 1. The van der Waals surface area contributed by atoms with Gasteiger partial charge in [-0.2, -0.15) is 5.10 Å². The largest absolute Gasteiger partial charge is 0.453 e. The molecule has 0 unspecified atom stereocenters. The van der Waals surface area contributed by atoms with Crippen molar-refractivity contribution in [1.29, 1.82) is 0 Å². The second kappa shape index (κ2) is 7.58. The van der Waals surface area contributed by atoms with Crippen molar-refractivity contribution in [2.24, 2.45) is 0 Å². The maximum Gasteiger partial charge on any atom is 0.348 e. The second-order valence-electron chi connectivity index (χ2n) is 6.17. The normalized spacial score (nSPS) is 10.9. The van der Waals surface area contributed by atoms with Gasteiger partial charge in [-0.05, 0) is 31.2 Å². The molecule has 0 atom stereocenters. The van der Waals surface area contributed by atoms with Crippen molar-refractivity contribution in [2.75, 3.05) is 6.61 Å². The Hall–Kier alpha value is -2.96. The predicted molar refractivity (Wildman–Crippen MR) is 110 cm³/mol. The molecule has 0 aliphatic heterocycles. The van der Waals surface area contributed by atoms with Crippen molar-refractivity contribution in [1.82, 2.24) is 9.78 Å². The summed E-state index contributed by atoms with van der Waals surface area (Å²) in [7, 11) is 0. The van der Waals surface area contributed by atoms with E-state index in [4.69, 9.17) is 16.3 Å². The fourth-order valence-electron chi connectivity index (χ4n) is 2.84. The molecule has 4 rings (SSSR count). The van der Waals surface area contributed by atoms with Crippen molar-refractivity contribution in [3.63, 3.8) is 0 Å². The van der Waals surface area contributed by atoms with E-state index in [9.17, 15) is 9.59 Å². The zero-order valence-corrected chi connectivity index (χ0v) is 16.5. The summed E-state index contributed by atoms with van der Waals surface area (Å²) < 4.78 is 6.98. The van der Waals surface area contributed by atoms with Crippen LogP contribution >= 0.6 is 22.9 Å². The topological polar surface area (TPSA) is 61.2 Å². The molecule has 0 amide bonds. The number of aromatic nitrogens is 2. The van der Waals surface area contributed by atoms with E-state index < -0.39 is 5.97 Å². The van der Waals surface area contributed by atoms with Crippen LogP contribution in [0.3, 0.4) is 0 Å². The average Bonchev–Trinajstić information content (AvgIpc) is 3.27. The van der Waals surface area contributed by atoms with E-state index in [2.05, 4.69) is 5.10 Å². The molecule has 0 radical (unpaired) electrons. The third-order valence-electron chi connectivity index (χ3n) is 4.23. The number of aryl methyl sites for hydroxylation is 1. The van der Waals surface area contributed by atoms with E-state index in [1.54, 1.807) is 41.1 Å². The first-order valence-electron chi connectivity index (χ1n) is 8.53. The number of hydrogen-bond acceptors (Lipinski definition) is 5. The van der Waals surface area contributed by atoms with Crippen molar-refractivity contribution in [3.8, 4) is 5.69 Å². The molecular weight excluding hydrogens is 396 g/mol. The Balaban J connectivity index is 1.57. The highest BCUT2D eigenvalue weighted by Gasteiger charge is 2.19. The fourth-order valence-corrected chi connectivity index (χ4v) is 4.10. The number of halogens is 1. The summed E-state index contributed by atoms with van der Waals surface area (Å²) in [6, 6.07) is 17.8. The fraction of sp³-hybridized carbons (Fsp3) is 0.0952. The van der Waals surface area contributed by atoms with Gasteiger partial charge in [0.25, 0.3) is 0 Å². The zero-order chi connectivity index (χ0) is 19.7. The number of hydrogen-bond donors (Lipinski definition) is 0.